The van der Waals surface area contributed by atoms with Gasteiger partial charge in [0.05, 0.1) is 0 Å². The molecule has 1 heterocycles. The molecule has 2 rings (SSSR count). The van der Waals surface area contributed by atoms with Crippen molar-refractivity contribution in [1.29, 1.82) is 0 Å². The van der Waals surface area contributed by atoms with Crippen LogP contribution in [0.1, 0.15) is 5.82 Å². The molecule has 2 aromatic rings. The van der Waals surface area contributed by atoms with Crippen LogP contribution < -0.4 is 10.2 Å². The molecule has 0 saturated carbocycles. The summed E-state index contributed by atoms with van der Waals surface area (Å²) < 4.78 is 20.3. The third-order valence-corrected chi connectivity index (χ3v) is 2.42. The molecule has 6 nitrogen and oxygen atoms in total. The summed E-state index contributed by atoms with van der Waals surface area (Å²) in [5, 5.41) is 21.6. The van der Waals surface area contributed by atoms with E-state index in [-0.39, 0.29) is 17.8 Å². The van der Waals surface area contributed by atoms with E-state index in [1.54, 1.807) is 11.7 Å². The lowest BCUT2D eigenvalue weighted by Gasteiger charge is -2.07. The van der Waals surface area contributed by atoms with Gasteiger partial charge in [-0.3, -0.25) is 4.68 Å². The number of aryl methyl sites for hydroxylation is 1. The number of benzene rings is 1. The Labute approximate surface area is 103 Å². The molecule has 0 fully saturated rings. The number of aromatic nitrogens is 3. The van der Waals surface area contributed by atoms with Crippen molar-refractivity contribution in [1.82, 2.24) is 14.8 Å². The molecular formula is C10H11BFN3O3. The average Bonchev–Trinajstić information content (AvgIpc) is 2.72. The van der Waals surface area contributed by atoms with Crippen molar-refractivity contribution in [3.63, 3.8) is 0 Å². The lowest BCUT2D eigenvalue weighted by atomic mass is 9.80. The molecule has 0 amide bonds. The zero-order valence-corrected chi connectivity index (χ0v) is 9.62. The Bertz CT molecular complexity index is 547. The quantitative estimate of drug-likeness (QED) is 0.696. The molecule has 0 atom stereocenters. The van der Waals surface area contributed by atoms with Crippen LogP contribution in [-0.2, 0) is 13.7 Å². The highest BCUT2D eigenvalue weighted by Gasteiger charge is 2.16. The van der Waals surface area contributed by atoms with Gasteiger partial charge in [-0.1, -0.05) is 6.07 Å². The van der Waals surface area contributed by atoms with Gasteiger partial charge in [-0.05, 0) is 6.07 Å². The van der Waals surface area contributed by atoms with E-state index in [1.807, 2.05) is 0 Å². The smallest absolute Gasteiger partial charge is 0.486 e. The molecule has 0 unspecified atom stereocenters. The second-order valence-electron chi connectivity index (χ2n) is 3.65. The van der Waals surface area contributed by atoms with Crippen LogP contribution in [-0.4, -0.2) is 31.9 Å². The molecule has 0 aliphatic rings. The Balaban J connectivity index is 2.07. The van der Waals surface area contributed by atoms with E-state index in [9.17, 15) is 4.39 Å². The van der Waals surface area contributed by atoms with Crippen LogP contribution in [0, 0.1) is 5.82 Å². The summed E-state index contributed by atoms with van der Waals surface area (Å²) in [6, 6.07) is 3.80. The highest BCUT2D eigenvalue weighted by atomic mass is 19.1. The highest BCUT2D eigenvalue weighted by molar-refractivity contribution is 6.58. The Hall–Kier alpha value is -1.93. The molecule has 1 aromatic carbocycles. The van der Waals surface area contributed by atoms with Gasteiger partial charge in [0, 0.05) is 18.6 Å². The largest absolute Gasteiger partial charge is 0.491 e. The monoisotopic (exact) mass is 251 g/mol. The van der Waals surface area contributed by atoms with E-state index in [0.717, 1.165) is 6.07 Å². The molecule has 94 valence electrons. The van der Waals surface area contributed by atoms with Gasteiger partial charge >= 0.3 is 7.12 Å². The lowest BCUT2D eigenvalue weighted by Crippen LogP contribution is -2.32. The average molecular weight is 251 g/mol. The first kappa shape index (κ1) is 12.5. The molecule has 0 spiro atoms. The van der Waals surface area contributed by atoms with E-state index in [4.69, 9.17) is 14.8 Å². The van der Waals surface area contributed by atoms with Crippen LogP contribution in [0.25, 0.3) is 0 Å². The fourth-order valence-corrected chi connectivity index (χ4v) is 1.41. The van der Waals surface area contributed by atoms with Crippen LogP contribution in [0.3, 0.4) is 0 Å². The Morgan fingerprint density at radius 3 is 2.78 bits per heavy atom. The van der Waals surface area contributed by atoms with Gasteiger partial charge in [0.25, 0.3) is 0 Å². The minimum Gasteiger partial charge on any atom is -0.486 e. The molecule has 18 heavy (non-hydrogen) atoms. The maximum Gasteiger partial charge on any atom is 0.491 e. The third-order valence-electron chi connectivity index (χ3n) is 2.42. The van der Waals surface area contributed by atoms with Crippen molar-refractivity contribution in [2.24, 2.45) is 7.05 Å². The highest BCUT2D eigenvalue weighted by Crippen LogP contribution is 2.12. The van der Waals surface area contributed by atoms with E-state index >= 15 is 0 Å². The molecule has 0 radical (unpaired) electrons. The van der Waals surface area contributed by atoms with Gasteiger partial charge in [0.1, 0.15) is 24.5 Å². The number of nitrogens with zero attached hydrogens (tertiary/aromatic N) is 3. The number of rotatable bonds is 4. The summed E-state index contributed by atoms with van der Waals surface area (Å²) in [6.07, 6.45) is 1.39. The van der Waals surface area contributed by atoms with Gasteiger partial charge in [-0.25, -0.2) is 9.37 Å². The Kier molecular flexibility index (Phi) is 3.59. The van der Waals surface area contributed by atoms with Gasteiger partial charge < -0.3 is 14.8 Å². The van der Waals surface area contributed by atoms with Crippen molar-refractivity contribution in [3.05, 3.63) is 36.2 Å². The van der Waals surface area contributed by atoms with Crippen LogP contribution in [0.15, 0.2) is 24.5 Å². The van der Waals surface area contributed by atoms with Crippen molar-refractivity contribution < 1.29 is 19.2 Å². The van der Waals surface area contributed by atoms with Crippen LogP contribution in [0.2, 0.25) is 0 Å². The second-order valence-corrected chi connectivity index (χ2v) is 3.65. The zero-order valence-electron chi connectivity index (χ0n) is 9.62. The molecule has 0 saturated heterocycles. The van der Waals surface area contributed by atoms with E-state index < -0.39 is 12.9 Å². The van der Waals surface area contributed by atoms with E-state index in [1.165, 1.54) is 18.5 Å². The lowest BCUT2D eigenvalue weighted by molar-refractivity contribution is 0.288. The SMILES string of the molecule is Cn1ncnc1COc1ccc(B(O)O)c(F)c1. The maximum absolute atomic E-state index is 13.4. The molecule has 2 N–H and O–H groups in total. The van der Waals surface area contributed by atoms with Crippen LogP contribution >= 0.6 is 0 Å². The standard InChI is InChI=1S/C10H11BFN3O3/c1-15-10(13-6-14-15)5-18-7-2-3-8(11(16)17)9(12)4-7/h2-4,6,16-17H,5H2,1H3. The first-order valence-electron chi connectivity index (χ1n) is 5.19. The maximum atomic E-state index is 13.4. The van der Waals surface area contributed by atoms with Gasteiger partial charge in [0.2, 0.25) is 0 Å². The fourth-order valence-electron chi connectivity index (χ4n) is 1.41. The molecule has 8 heteroatoms. The van der Waals surface area contributed by atoms with Crippen LogP contribution in [0.5, 0.6) is 5.75 Å². The van der Waals surface area contributed by atoms with Crippen LogP contribution in [0.4, 0.5) is 4.39 Å². The predicted octanol–water partition coefficient (Wildman–Crippen LogP) is -0.787. The van der Waals surface area contributed by atoms with Crippen molar-refractivity contribution in [3.8, 4) is 5.75 Å². The van der Waals surface area contributed by atoms with E-state index in [0.29, 0.717) is 5.82 Å². The predicted molar refractivity (Wildman–Crippen MR) is 61.6 cm³/mol. The topological polar surface area (TPSA) is 80.4 Å². The fraction of sp³-hybridized carbons (Fsp3) is 0.200. The zero-order chi connectivity index (χ0) is 13.1. The first-order valence-corrected chi connectivity index (χ1v) is 5.19. The normalized spacial score (nSPS) is 10.4. The first-order chi connectivity index (χ1) is 8.58. The summed E-state index contributed by atoms with van der Waals surface area (Å²) in [6.45, 7) is 0.150. The molecule has 1 aromatic heterocycles. The number of halogens is 1. The van der Waals surface area contributed by atoms with Crippen molar-refractivity contribution >= 4 is 12.6 Å². The van der Waals surface area contributed by atoms with E-state index in [2.05, 4.69) is 10.1 Å². The summed E-state index contributed by atoms with van der Waals surface area (Å²) >= 11 is 0. The Morgan fingerprint density at radius 2 is 2.22 bits per heavy atom. The molecule has 0 bridgehead atoms. The molecule has 0 aliphatic heterocycles. The number of hydrogen-bond donors (Lipinski definition) is 2. The summed E-state index contributed by atoms with van der Waals surface area (Å²) in [7, 11) is -0.116. The minimum atomic E-state index is -1.84. The summed E-state index contributed by atoms with van der Waals surface area (Å²) in [5.74, 6) is 0.141. The van der Waals surface area contributed by atoms with Gasteiger partial charge in [0.15, 0.2) is 5.82 Å². The number of hydrogen-bond acceptors (Lipinski definition) is 5. The summed E-state index contributed by atoms with van der Waals surface area (Å²) in [5.41, 5.74) is -0.194. The molecule has 0 aliphatic carbocycles. The van der Waals surface area contributed by atoms with Gasteiger partial charge in [-0.2, -0.15) is 5.10 Å². The third kappa shape index (κ3) is 2.66. The number of ether oxygens (including phenoxy) is 1. The van der Waals surface area contributed by atoms with Gasteiger partial charge in [-0.15, -0.1) is 0 Å². The minimum absolute atomic E-state index is 0.150. The summed E-state index contributed by atoms with van der Waals surface area (Å²) in [4.78, 5) is 3.95. The van der Waals surface area contributed by atoms with Crippen molar-refractivity contribution in [2.75, 3.05) is 0 Å². The Morgan fingerprint density at radius 1 is 1.44 bits per heavy atom. The second kappa shape index (κ2) is 5.15. The van der Waals surface area contributed by atoms with Crippen molar-refractivity contribution in [2.45, 2.75) is 6.61 Å². The molecular weight excluding hydrogens is 240 g/mol.